The summed E-state index contributed by atoms with van der Waals surface area (Å²) >= 11 is 0. The van der Waals surface area contributed by atoms with Crippen molar-refractivity contribution in [1.82, 2.24) is 5.01 Å². The molecule has 1 aliphatic heterocycles. The van der Waals surface area contributed by atoms with E-state index >= 15 is 0 Å². The van der Waals surface area contributed by atoms with Crippen molar-refractivity contribution in [2.24, 2.45) is 22.4 Å². The number of aliphatic hydroxyl groups is 1. The minimum absolute atomic E-state index is 0.0183. The molecule has 0 unspecified atom stereocenters. The van der Waals surface area contributed by atoms with Crippen molar-refractivity contribution in [1.29, 1.82) is 0 Å². The van der Waals surface area contributed by atoms with Crippen LogP contribution in [0.25, 0.3) is 0 Å². The molecule has 154 valence electrons. The molecule has 1 aromatic carbocycles. The molecule has 28 heavy (non-hydrogen) atoms. The van der Waals surface area contributed by atoms with E-state index in [1.54, 1.807) is 12.1 Å². The van der Waals surface area contributed by atoms with Gasteiger partial charge in [0, 0.05) is 11.3 Å². The Labute approximate surface area is 163 Å². The lowest BCUT2D eigenvalue weighted by molar-refractivity contribution is -0.314. The van der Waals surface area contributed by atoms with Gasteiger partial charge in [0.25, 0.3) is 11.6 Å². The highest BCUT2D eigenvalue weighted by Crippen LogP contribution is 2.52. The summed E-state index contributed by atoms with van der Waals surface area (Å²) < 4.78 is 42.3. The Morgan fingerprint density at radius 1 is 1.29 bits per heavy atom. The summed E-state index contributed by atoms with van der Waals surface area (Å²) in [6.45, 7) is 7.91. The summed E-state index contributed by atoms with van der Waals surface area (Å²) in [5, 5.41) is 15.2. The van der Waals surface area contributed by atoms with Crippen molar-refractivity contribution in [3.8, 4) is 0 Å². The average Bonchev–Trinajstić information content (AvgIpc) is 2.95. The Kier molecular flexibility index (Phi) is 5.11. The molecule has 0 bridgehead atoms. The number of rotatable bonds is 3. The van der Waals surface area contributed by atoms with Gasteiger partial charge in [-0.2, -0.15) is 23.3 Å². The molecule has 1 aromatic rings. The minimum atomic E-state index is -5.01. The van der Waals surface area contributed by atoms with Crippen LogP contribution in [0.15, 0.2) is 29.4 Å². The monoisotopic (exact) mass is 396 g/mol. The zero-order valence-electron chi connectivity index (χ0n) is 16.7. The first-order chi connectivity index (χ1) is 12.9. The molecule has 0 saturated heterocycles. The Hall–Kier alpha value is -1.89. The van der Waals surface area contributed by atoms with Crippen LogP contribution >= 0.6 is 0 Å². The van der Waals surface area contributed by atoms with Crippen LogP contribution in [0.1, 0.15) is 62.4 Å². The number of fused-ring (bicyclic) bond motifs is 1. The van der Waals surface area contributed by atoms with Crippen LogP contribution < -0.4 is 0 Å². The van der Waals surface area contributed by atoms with Gasteiger partial charge in [0.2, 0.25) is 0 Å². The van der Waals surface area contributed by atoms with Crippen LogP contribution in [-0.2, 0) is 0 Å². The van der Waals surface area contributed by atoms with E-state index in [2.05, 4.69) is 5.10 Å². The van der Waals surface area contributed by atoms with Crippen molar-refractivity contribution < 1.29 is 23.1 Å². The molecule has 0 radical (unpaired) electrons. The highest BCUT2D eigenvalue weighted by Gasteiger charge is 2.69. The third-order valence-electron chi connectivity index (χ3n) is 6.63. The topological polar surface area (TPSA) is 52.9 Å². The van der Waals surface area contributed by atoms with Crippen LogP contribution in [0.4, 0.5) is 13.2 Å². The SMILES string of the molecule is CCC(C)(C)[C@@H]1CCC2=NN(C(=O)c3ccc(C)cc3)[C@@](O)(C(F)(F)F)[C@@H]2C1. The molecule has 2 aliphatic rings. The van der Waals surface area contributed by atoms with Crippen molar-refractivity contribution in [3.05, 3.63) is 35.4 Å². The maximum Gasteiger partial charge on any atom is 0.439 e. The Morgan fingerprint density at radius 3 is 2.43 bits per heavy atom. The largest absolute Gasteiger partial charge is 0.439 e. The van der Waals surface area contributed by atoms with E-state index in [1.807, 2.05) is 27.7 Å². The number of carbonyl (C=O) groups is 1. The van der Waals surface area contributed by atoms with Crippen molar-refractivity contribution in [2.75, 3.05) is 0 Å². The summed E-state index contributed by atoms with van der Waals surface area (Å²) in [6, 6.07) is 6.21. The van der Waals surface area contributed by atoms with Crippen LogP contribution in [0.5, 0.6) is 0 Å². The predicted molar refractivity (Wildman–Crippen MR) is 101 cm³/mol. The minimum Gasteiger partial charge on any atom is -0.362 e. The quantitative estimate of drug-likeness (QED) is 0.789. The third kappa shape index (κ3) is 3.23. The molecule has 0 spiro atoms. The molecule has 1 N–H and O–H groups in total. The van der Waals surface area contributed by atoms with E-state index in [0.717, 1.165) is 12.0 Å². The van der Waals surface area contributed by atoms with Gasteiger partial charge < -0.3 is 5.11 Å². The lowest BCUT2D eigenvalue weighted by Gasteiger charge is -2.43. The molecular formula is C21H27F3N2O2. The van der Waals surface area contributed by atoms with Gasteiger partial charge in [-0.25, -0.2) is 0 Å². The van der Waals surface area contributed by atoms with Crippen LogP contribution in [0.3, 0.4) is 0 Å². The fraction of sp³-hybridized carbons (Fsp3) is 0.619. The fourth-order valence-corrected chi connectivity index (χ4v) is 4.24. The zero-order valence-corrected chi connectivity index (χ0v) is 16.7. The van der Waals surface area contributed by atoms with Crippen LogP contribution in [0.2, 0.25) is 0 Å². The number of hydrogen-bond donors (Lipinski definition) is 1. The second-order valence-corrected chi connectivity index (χ2v) is 8.66. The third-order valence-corrected chi connectivity index (χ3v) is 6.63. The van der Waals surface area contributed by atoms with Gasteiger partial charge in [-0.3, -0.25) is 4.79 Å². The average molecular weight is 396 g/mol. The first-order valence-electron chi connectivity index (χ1n) is 9.69. The highest BCUT2D eigenvalue weighted by molar-refractivity contribution is 5.99. The molecule has 3 atom stereocenters. The van der Waals surface area contributed by atoms with Gasteiger partial charge in [0.15, 0.2) is 0 Å². The molecule has 1 saturated carbocycles. The molecule has 3 rings (SSSR count). The zero-order chi connectivity index (χ0) is 20.9. The number of nitrogens with zero attached hydrogens (tertiary/aromatic N) is 2. The van der Waals surface area contributed by atoms with Gasteiger partial charge in [-0.05, 0) is 49.7 Å². The number of hydrazone groups is 1. The molecule has 4 nitrogen and oxygen atoms in total. The summed E-state index contributed by atoms with van der Waals surface area (Å²) in [5.74, 6) is -2.15. The maximum atomic E-state index is 14.1. The Balaban J connectivity index is 2.00. The fourth-order valence-electron chi connectivity index (χ4n) is 4.24. The van der Waals surface area contributed by atoms with Crippen LogP contribution in [0, 0.1) is 24.2 Å². The van der Waals surface area contributed by atoms with Gasteiger partial charge in [0.1, 0.15) is 0 Å². The molecule has 7 heteroatoms. The number of alkyl halides is 3. The normalized spacial score (nSPS) is 28.1. The Morgan fingerprint density at radius 2 is 1.89 bits per heavy atom. The molecule has 1 amide bonds. The van der Waals surface area contributed by atoms with E-state index in [1.165, 1.54) is 12.1 Å². The second-order valence-electron chi connectivity index (χ2n) is 8.66. The van der Waals surface area contributed by atoms with Crippen LogP contribution in [-0.4, -0.2) is 33.6 Å². The van der Waals surface area contributed by atoms with Gasteiger partial charge in [-0.1, -0.05) is 44.9 Å². The first kappa shape index (κ1) is 20.8. The maximum absolute atomic E-state index is 14.1. The van der Waals surface area contributed by atoms with E-state index in [0.29, 0.717) is 12.8 Å². The molecule has 1 fully saturated rings. The van der Waals surface area contributed by atoms with E-state index in [9.17, 15) is 23.1 Å². The summed E-state index contributed by atoms with van der Waals surface area (Å²) in [5.41, 5.74) is -2.24. The molecule has 1 heterocycles. The predicted octanol–water partition coefficient (Wildman–Crippen LogP) is 4.91. The summed E-state index contributed by atoms with van der Waals surface area (Å²) in [7, 11) is 0. The lowest BCUT2D eigenvalue weighted by atomic mass is 9.64. The van der Waals surface area contributed by atoms with E-state index in [-0.39, 0.29) is 34.0 Å². The van der Waals surface area contributed by atoms with Gasteiger partial charge >= 0.3 is 6.18 Å². The van der Waals surface area contributed by atoms with E-state index < -0.39 is 23.7 Å². The number of carbonyl (C=O) groups excluding carboxylic acids is 1. The van der Waals surface area contributed by atoms with Gasteiger partial charge in [0.05, 0.1) is 5.92 Å². The molecule has 1 aliphatic carbocycles. The highest BCUT2D eigenvalue weighted by atomic mass is 19.4. The van der Waals surface area contributed by atoms with Crippen molar-refractivity contribution >= 4 is 11.6 Å². The molecule has 0 aromatic heterocycles. The second kappa shape index (κ2) is 6.87. The number of halogens is 3. The number of aryl methyl sites for hydroxylation is 1. The number of hydrogen-bond acceptors (Lipinski definition) is 3. The van der Waals surface area contributed by atoms with Crippen molar-refractivity contribution in [3.63, 3.8) is 0 Å². The smallest absolute Gasteiger partial charge is 0.362 e. The number of benzene rings is 1. The van der Waals surface area contributed by atoms with Crippen molar-refractivity contribution in [2.45, 2.75) is 65.3 Å². The van der Waals surface area contributed by atoms with Gasteiger partial charge in [-0.15, -0.1) is 0 Å². The standard InChI is InChI=1S/C21H27F3N2O2/c1-5-19(3,4)15-10-11-17-16(12-15)20(28,21(22,23)24)26(25-17)18(27)14-8-6-13(2)7-9-14/h6-9,15-16,28H,5,10-12H2,1-4H3/t15-,16-,20+/m1/s1. The summed E-state index contributed by atoms with van der Waals surface area (Å²) in [6.07, 6.45) is -2.96. The van der Waals surface area contributed by atoms with E-state index in [4.69, 9.17) is 0 Å². The first-order valence-corrected chi connectivity index (χ1v) is 9.69. The lowest BCUT2D eigenvalue weighted by Crippen LogP contribution is -2.62. The Bertz CT molecular complexity index is 786. The summed E-state index contributed by atoms with van der Waals surface area (Å²) in [4.78, 5) is 12.9. The number of amides is 1. The molecular weight excluding hydrogens is 369 g/mol.